The van der Waals surface area contributed by atoms with E-state index in [-0.39, 0.29) is 5.91 Å². The van der Waals surface area contributed by atoms with Gasteiger partial charge in [0, 0.05) is 27.9 Å². The summed E-state index contributed by atoms with van der Waals surface area (Å²) in [5, 5.41) is 8.89. The zero-order chi connectivity index (χ0) is 22.5. The third kappa shape index (κ3) is 5.62. The van der Waals surface area contributed by atoms with Gasteiger partial charge in [-0.05, 0) is 47.5 Å². The summed E-state index contributed by atoms with van der Waals surface area (Å²) in [4.78, 5) is 12.7. The number of anilines is 1. The number of hydrogen-bond donors (Lipinski definition) is 1. The number of ether oxygens (including phenoxy) is 1. The van der Waals surface area contributed by atoms with Gasteiger partial charge in [-0.15, -0.1) is 0 Å². The molecule has 0 aliphatic rings. The Morgan fingerprint density at radius 2 is 1.78 bits per heavy atom. The number of nitrogens with zero attached hydrogens (tertiary/aromatic N) is 2. The second-order valence-corrected chi connectivity index (χ2v) is 8.26. The summed E-state index contributed by atoms with van der Waals surface area (Å²) in [7, 11) is 0. The van der Waals surface area contributed by atoms with Crippen LogP contribution < -0.4 is 10.1 Å². The van der Waals surface area contributed by atoms with Gasteiger partial charge in [-0.2, -0.15) is 5.10 Å². The fourth-order valence-electron chi connectivity index (χ4n) is 3.05. The normalized spacial score (nSPS) is 10.7. The van der Waals surface area contributed by atoms with Crippen molar-refractivity contribution in [1.29, 1.82) is 0 Å². The van der Waals surface area contributed by atoms with Crippen LogP contribution in [0.3, 0.4) is 0 Å². The van der Waals surface area contributed by atoms with E-state index in [9.17, 15) is 4.79 Å². The molecule has 5 nitrogen and oxygen atoms in total. The number of nitrogens with one attached hydrogen (secondary N) is 1. The van der Waals surface area contributed by atoms with Gasteiger partial charge in [0.1, 0.15) is 12.4 Å². The number of aromatic nitrogens is 2. The number of hydrogen-bond acceptors (Lipinski definition) is 3. The Hall–Kier alpha value is -2.99. The molecule has 1 aromatic heterocycles. The molecule has 0 unspecified atom stereocenters. The smallest absolute Gasteiger partial charge is 0.256 e. The molecule has 32 heavy (non-hydrogen) atoms. The SMILES string of the molecule is O=C(Nc1ccn(Cc2ccc(Cl)cc2Cl)n1)c1cccc(COc2ccccc2Cl)c1. The number of amides is 1. The van der Waals surface area contributed by atoms with Crippen molar-refractivity contribution in [2.75, 3.05) is 5.32 Å². The predicted molar refractivity (Wildman–Crippen MR) is 128 cm³/mol. The van der Waals surface area contributed by atoms with E-state index < -0.39 is 0 Å². The number of para-hydroxylation sites is 1. The van der Waals surface area contributed by atoms with E-state index in [0.717, 1.165) is 11.1 Å². The van der Waals surface area contributed by atoms with Gasteiger partial charge in [0.25, 0.3) is 5.91 Å². The van der Waals surface area contributed by atoms with E-state index in [0.29, 0.717) is 45.4 Å². The van der Waals surface area contributed by atoms with Gasteiger partial charge in [0.15, 0.2) is 5.82 Å². The predicted octanol–water partition coefficient (Wildman–Crippen LogP) is 6.72. The highest BCUT2D eigenvalue weighted by molar-refractivity contribution is 6.35. The van der Waals surface area contributed by atoms with Gasteiger partial charge in [-0.1, -0.05) is 65.1 Å². The maximum atomic E-state index is 12.7. The molecule has 8 heteroatoms. The fraction of sp³-hybridized carbons (Fsp3) is 0.0833. The number of carbonyl (C=O) groups is 1. The zero-order valence-electron chi connectivity index (χ0n) is 16.8. The molecule has 4 aromatic rings. The molecule has 0 saturated carbocycles. The van der Waals surface area contributed by atoms with Gasteiger partial charge in [0.2, 0.25) is 0 Å². The largest absolute Gasteiger partial charge is 0.487 e. The summed E-state index contributed by atoms with van der Waals surface area (Å²) in [6.07, 6.45) is 1.77. The average molecular weight is 487 g/mol. The molecule has 1 N–H and O–H groups in total. The summed E-state index contributed by atoms with van der Waals surface area (Å²) < 4.78 is 7.45. The van der Waals surface area contributed by atoms with Crippen molar-refractivity contribution in [2.24, 2.45) is 0 Å². The van der Waals surface area contributed by atoms with Gasteiger partial charge in [-0.3, -0.25) is 9.48 Å². The van der Waals surface area contributed by atoms with Gasteiger partial charge >= 0.3 is 0 Å². The van der Waals surface area contributed by atoms with Crippen molar-refractivity contribution in [1.82, 2.24) is 9.78 Å². The van der Waals surface area contributed by atoms with Crippen LogP contribution in [0.25, 0.3) is 0 Å². The van der Waals surface area contributed by atoms with Crippen LogP contribution in [0.5, 0.6) is 5.75 Å². The molecule has 0 atom stereocenters. The van der Waals surface area contributed by atoms with Crippen LogP contribution in [-0.2, 0) is 13.2 Å². The molecule has 0 aliphatic heterocycles. The lowest BCUT2D eigenvalue weighted by Crippen LogP contribution is -2.13. The Morgan fingerprint density at radius 3 is 2.59 bits per heavy atom. The van der Waals surface area contributed by atoms with Crippen molar-refractivity contribution < 1.29 is 9.53 Å². The lowest BCUT2D eigenvalue weighted by Gasteiger charge is -2.09. The first kappa shape index (κ1) is 22.2. The molecule has 1 heterocycles. The number of halogens is 3. The molecule has 1 amide bonds. The summed E-state index contributed by atoms with van der Waals surface area (Å²) in [5.41, 5.74) is 2.23. The van der Waals surface area contributed by atoms with Crippen LogP contribution in [0.15, 0.2) is 79.0 Å². The Balaban J connectivity index is 1.39. The Morgan fingerprint density at radius 1 is 0.938 bits per heavy atom. The maximum Gasteiger partial charge on any atom is 0.256 e. The molecule has 3 aromatic carbocycles. The molecule has 162 valence electrons. The maximum absolute atomic E-state index is 12.7. The molecular formula is C24H18Cl3N3O2. The molecular weight excluding hydrogens is 469 g/mol. The quantitative estimate of drug-likeness (QED) is 0.315. The average Bonchev–Trinajstić information content (AvgIpc) is 3.22. The highest BCUT2D eigenvalue weighted by atomic mass is 35.5. The first-order valence-electron chi connectivity index (χ1n) is 9.73. The standard InChI is InChI=1S/C24H18Cl3N3O2/c25-19-9-8-18(21(27)13-19)14-30-11-10-23(29-30)28-24(31)17-5-3-4-16(12-17)15-32-22-7-2-1-6-20(22)26/h1-13H,14-15H2,(H,28,29,31). The second-order valence-electron chi connectivity index (χ2n) is 7.01. The molecule has 0 radical (unpaired) electrons. The van der Waals surface area contributed by atoms with E-state index in [1.165, 1.54) is 0 Å². The highest BCUT2D eigenvalue weighted by Crippen LogP contribution is 2.24. The first-order valence-corrected chi connectivity index (χ1v) is 10.9. The minimum absolute atomic E-state index is 0.264. The van der Waals surface area contributed by atoms with E-state index in [4.69, 9.17) is 39.5 Å². The Kier molecular flexibility index (Phi) is 7.00. The lowest BCUT2D eigenvalue weighted by molar-refractivity contribution is 0.102. The van der Waals surface area contributed by atoms with Crippen molar-refractivity contribution in [3.05, 3.63) is 111 Å². The van der Waals surface area contributed by atoms with Crippen LogP contribution >= 0.6 is 34.8 Å². The lowest BCUT2D eigenvalue weighted by atomic mass is 10.1. The third-order valence-corrected chi connectivity index (χ3v) is 5.55. The minimum atomic E-state index is -0.264. The summed E-state index contributed by atoms with van der Waals surface area (Å²) in [6.45, 7) is 0.752. The number of rotatable bonds is 7. The highest BCUT2D eigenvalue weighted by Gasteiger charge is 2.10. The van der Waals surface area contributed by atoms with Crippen LogP contribution in [0, 0.1) is 0 Å². The van der Waals surface area contributed by atoms with E-state index in [1.807, 2.05) is 24.3 Å². The second kappa shape index (κ2) is 10.1. The van der Waals surface area contributed by atoms with Crippen LogP contribution in [0.4, 0.5) is 5.82 Å². The molecule has 0 saturated heterocycles. The van der Waals surface area contributed by atoms with E-state index >= 15 is 0 Å². The summed E-state index contributed by atoms with van der Waals surface area (Å²) >= 11 is 18.3. The number of carbonyl (C=O) groups excluding carboxylic acids is 1. The minimum Gasteiger partial charge on any atom is -0.487 e. The Bertz CT molecular complexity index is 1260. The van der Waals surface area contributed by atoms with Gasteiger partial charge < -0.3 is 10.1 Å². The fourth-order valence-corrected chi connectivity index (χ4v) is 3.71. The summed E-state index contributed by atoms with van der Waals surface area (Å²) in [5.74, 6) is 0.771. The number of benzene rings is 3. The topological polar surface area (TPSA) is 56.2 Å². The van der Waals surface area contributed by atoms with Crippen molar-refractivity contribution in [3.63, 3.8) is 0 Å². The molecule has 0 bridgehead atoms. The van der Waals surface area contributed by atoms with Gasteiger partial charge in [-0.25, -0.2) is 0 Å². The zero-order valence-corrected chi connectivity index (χ0v) is 19.0. The van der Waals surface area contributed by atoms with Crippen molar-refractivity contribution >= 4 is 46.5 Å². The molecule has 0 fully saturated rings. The monoisotopic (exact) mass is 485 g/mol. The van der Waals surface area contributed by atoms with Crippen molar-refractivity contribution in [3.8, 4) is 5.75 Å². The summed E-state index contributed by atoms with van der Waals surface area (Å²) in [6, 6.07) is 21.5. The van der Waals surface area contributed by atoms with Crippen LogP contribution in [-0.4, -0.2) is 15.7 Å². The Labute approximate surface area is 200 Å². The van der Waals surface area contributed by atoms with Gasteiger partial charge in [0.05, 0.1) is 11.6 Å². The molecule has 0 spiro atoms. The first-order chi connectivity index (χ1) is 15.5. The van der Waals surface area contributed by atoms with Crippen LogP contribution in [0.2, 0.25) is 15.1 Å². The molecule has 0 aliphatic carbocycles. The third-order valence-electron chi connectivity index (χ3n) is 4.65. The van der Waals surface area contributed by atoms with Crippen molar-refractivity contribution in [2.45, 2.75) is 13.2 Å². The van der Waals surface area contributed by atoms with E-state index in [1.54, 1.807) is 59.4 Å². The van der Waals surface area contributed by atoms with E-state index in [2.05, 4.69) is 10.4 Å². The molecule has 4 rings (SSSR count). The van der Waals surface area contributed by atoms with Crippen LogP contribution in [0.1, 0.15) is 21.5 Å².